The number of aryl methyl sites for hydroxylation is 1. The first-order valence-electron chi connectivity index (χ1n) is 4.78. The topological polar surface area (TPSA) is 36.9 Å². The summed E-state index contributed by atoms with van der Waals surface area (Å²) >= 11 is 0. The number of hydrogen-bond donors (Lipinski definition) is 1. The van der Waals surface area contributed by atoms with Crippen molar-refractivity contribution in [2.24, 2.45) is 0 Å². The summed E-state index contributed by atoms with van der Waals surface area (Å²) in [6.45, 7) is 0. The Morgan fingerprint density at radius 1 is 1.38 bits per heavy atom. The monoisotopic (exact) mass is 178 g/mol. The van der Waals surface area contributed by atoms with Crippen molar-refractivity contribution in [3.63, 3.8) is 0 Å². The molecule has 2 heteroatoms. The summed E-state index contributed by atoms with van der Waals surface area (Å²) in [5, 5.41) is 0. The fourth-order valence-electron chi connectivity index (χ4n) is 1.93. The van der Waals surface area contributed by atoms with E-state index in [1.54, 1.807) is 7.11 Å². The summed E-state index contributed by atoms with van der Waals surface area (Å²) < 4.78 is 5.19. The molecule has 1 aliphatic rings. The van der Waals surface area contributed by atoms with Gasteiger partial charge in [0, 0.05) is 12.8 Å². The molecule has 70 valence electrons. The first-order chi connectivity index (χ1) is 6.29. The maximum atomic E-state index is 5.19. The van der Waals surface area contributed by atoms with E-state index in [1.807, 2.05) is 6.07 Å². The van der Waals surface area contributed by atoms with Crippen molar-refractivity contribution in [3.05, 3.63) is 29.3 Å². The molecule has 0 aromatic heterocycles. The van der Waals surface area contributed by atoms with Gasteiger partial charge < -0.3 is 10.5 Å². The van der Waals surface area contributed by atoms with Crippen LogP contribution in [-0.4, -0.2) is 13.2 Å². The van der Waals surface area contributed by atoms with E-state index in [2.05, 4.69) is 17.9 Å². The van der Waals surface area contributed by atoms with Crippen LogP contribution in [0.1, 0.15) is 17.5 Å². The minimum Gasteiger partial charge on any atom is -0.497 e. The lowest BCUT2D eigenvalue weighted by molar-refractivity contribution is -0.421. The van der Waals surface area contributed by atoms with Gasteiger partial charge in [0.1, 0.15) is 5.75 Å². The fraction of sp³-hybridized carbons (Fsp3) is 0.455. The molecule has 0 unspecified atom stereocenters. The van der Waals surface area contributed by atoms with Crippen molar-refractivity contribution in [2.45, 2.75) is 25.3 Å². The molecule has 1 atom stereocenters. The summed E-state index contributed by atoms with van der Waals surface area (Å²) in [5.74, 6) is 0.973. The first kappa shape index (κ1) is 8.57. The lowest BCUT2D eigenvalue weighted by atomic mass is 9.89. The van der Waals surface area contributed by atoms with E-state index >= 15 is 0 Å². The molecule has 0 saturated carbocycles. The summed E-state index contributed by atoms with van der Waals surface area (Å²) in [6, 6.07) is 6.96. The van der Waals surface area contributed by atoms with Gasteiger partial charge in [-0.05, 0) is 29.7 Å². The van der Waals surface area contributed by atoms with Gasteiger partial charge in [0.15, 0.2) is 0 Å². The molecular weight excluding hydrogens is 162 g/mol. The van der Waals surface area contributed by atoms with Gasteiger partial charge in [0.05, 0.1) is 13.2 Å². The minimum absolute atomic E-state index is 0.598. The smallest absolute Gasteiger partial charge is 0.119 e. The molecule has 0 amide bonds. The summed E-state index contributed by atoms with van der Waals surface area (Å²) in [7, 11) is 1.72. The maximum Gasteiger partial charge on any atom is 0.119 e. The Morgan fingerprint density at radius 2 is 2.23 bits per heavy atom. The van der Waals surface area contributed by atoms with Crippen molar-refractivity contribution in [1.29, 1.82) is 0 Å². The standard InChI is InChI=1S/C11H15NO/c1-13-11-5-3-8-6-10(12)4-2-9(8)7-11/h3,5,7,10H,2,4,6,12H2,1H3/p+1/t10-/m1/s1. The third-order valence-electron chi connectivity index (χ3n) is 2.74. The van der Waals surface area contributed by atoms with Crippen molar-refractivity contribution in [3.8, 4) is 5.75 Å². The SMILES string of the molecule is COc1ccc2c(c1)CC[C@@H]([NH3+])C2. The Kier molecular flexibility index (Phi) is 2.23. The number of rotatable bonds is 1. The molecule has 0 fully saturated rings. The predicted molar refractivity (Wildman–Crippen MR) is 51.7 cm³/mol. The van der Waals surface area contributed by atoms with Crippen LogP contribution in [0.15, 0.2) is 18.2 Å². The Labute approximate surface area is 78.7 Å². The lowest BCUT2D eigenvalue weighted by Gasteiger charge is -2.19. The Morgan fingerprint density at radius 3 is 3.00 bits per heavy atom. The van der Waals surface area contributed by atoms with E-state index < -0.39 is 0 Å². The molecule has 1 aliphatic carbocycles. The molecule has 0 bridgehead atoms. The first-order valence-corrected chi connectivity index (χ1v) is 4.78. The van der Waals surface area contributed by atoms with E-state index in [0.717, 1.165) is 18.6 Å². The summed E-state index contributed by atoms with van der Waals surface area (Å²) in [4.78, 5) is 0. The van der Waals surface area contributed by atoms with E-state index in [0.29, 0.717) is 6.04 Å². The number of fused-ring (bicyclic) bond motifs is 1. The molecule has 0 saturated heterocycles. The van der Waals surface area contributed by atoms with Gasteiger partial charge >= 0.3 is 0 Å². The molecule has 0 aliphatic heterocycles. The average molecular weight is 178 g/mol. The zero-order valence-corrected chi connectivity index (χ0v) is 8.05. The van der Waals surface area contributed by atoms with Gasteiger partial charge in [-0.15, -0.1) is 0 Å². The van der Waals surface area contributed by atoms with Crippen LogP contribution in [-0.2, 0) is 12.8 Å². The molecule has 2 rings (SSSR count). The van der Waals surface area contributed by atoms with Gasteiger partial charge in [-0.3, -0.25) is 0 Å². The molecule has 0 spiro atoms. The summed E-state index contributed by atoms with van der Waals surface area (Å²) in [6.07, 6.45) is 3.49. The van der Waals surface area contributed by atoms with Crippen molar-refractivity contribution >= 4 is 0 Å². The van der Waals surface area contributed by atoms with Crippen LogP contribution < -0.4 is 10.5 Å². The number of methoxy groups -OCH3 is 1. The predicted octanol–water partition coefficient (Wildman–Crippen LogP) is 0.794. The van der Waals surface area contributed by atoms with Crippen molar-refractivity contribution in [2.75, 3.05) is 7.11 Å². The molecular formula is C11H16NO+. The van der Waals surface area contributed by atoms with Gasteiger partial charge in [-0.1, -0.05) is 6.07 Å². The molecule has 1 aromatic rings. The molecule has 0 radical (unpaired) electrons. The molecule has 0 heterocycles. The highest BCUT2D eigenvalue weighted by atomic mass is 16.5. The van der Waals surface area contributed by atoms with E-state index in [9.17, 15) is 0 Å². The van der Waals surface area contributed by atoms with Crippen molar-refractivity contribution in [1.82, 2.24) is 0 Å². The van der Waals surface area contributed by atoms with Crippen LogP contribution in [0.5, 0.6) is 5.75 Å². The normalized spacial score (nSPS) is 20.9. The molecule has 3 N–H and O–H groups in total. The van der Waals surface area contributed by atoms with Gasteiger partial charge in [0.2, 0.25) is 0 Å². The van der Waals surface area contributed by atoms with Crippen LogP contribution in [0.4, 0.5) is 0 Å². The highest BCUT2D eigenvalue weighted by Crippen LogP contribution is 2.24. The maximum absolute atomic E-state index is 5.19. The van der Waals surface area contributed by atoms with Crippen LogP contribution in [0.2, 0.25) is 0 Å². The van der Waals surface area contributed by atoms with E-state index in [1.165, 1.54) is 17.5 Å². The zero-order chi connectivity index (χ0) is 9.26. The molecule has 1 aromatic carbocycles. The second kappa shape index (κ2) is 3.38. The second-order valence-corrected chi connectivity index (χ2v) is 3.74. The number of benzene rings is 1. The Bertz CT molecular complexity index is 309. The highest BCUT2D eigenvalue weighted by molar-refractivity contribution is 5.37. The van der Waals surface area contributed by atoms with Crippen LogP contribution in [0.25, 0.3) is 0 Å². The fourth-order valence-corrected chi connectivity index (χ4v) is 1.93. The van der Waals surface area contributed by atoms with E-state index in [4.69, 9.17) is 4.74 Å². The number of hydrogen-bond acceptors (Lipinski definition) is 1. The zero-order valence-electron chi connectivity index (χ0n) is 8.05. The van der Waals surface area contributed by atoms with Gasteiger partial charge in [-0.2, -0.15) is 0 Å². The quantitative estimate of drug-likeness (QED) is 0.678. The number of ether oxygens (including phenoxy) is 1. The third kappa shape index (κ3) is 1.68. The number of quaternary nitrogens is 1. The summed E-state index contributed by atoms with van der Waals surface area (Å²) in [5.41, 5.74) is 7.00. The molecule has 13 heavy (non-hydrogen) atoms. The van der Waals surface area contributed by atoms with Crippen LogP contribution in [0, 0.1) is 0 Å². The Balaban J connectivity index is 2.31. The van der Waals surface area contributed by atoms with Gasteiger partial charge in [0.25, 0.3) is 0 Å². The van der Waals surface area contributed by atoms with Crippen LogP contribution in [0.3, 0.4) is 0 Å². The Hall–Kier alpha value is -1.02. The van der Waals surface area contributed by atoms with Gasteiger partial charge in [-0.25, -0.2) is 0 Å². The average Bonchev–Trinajstić information content (AvgIpc) is 2.17. The second-order valence-electron chi connectivity index (χ2n) is 3.74. The lowest BCUT2D eigenvalue weighted by Crippen LogP contribution is -2.62. The largest absolute Gasteiger partial charge is 0.497 e. The van der Waals surface area contributed by atoms with Crippen LogP contribution >= 0.6 is 0 Å². The van der Waals surface area contributed by atoms with E-state index in [-0.39, 0.29) is 0 Å². The highest BCUT2D eigenvalue weighted by Gasteiger charge is 2.17. The minimum atomic E-state index is 0.598. The molecule has 2 nitrogen and oxygen atoms in total. The van der Waals surface area contributed by atoms with Crippen molar-refractivity contribution < 1.29 is 10.5 Å². The third-order valence-corrected chi connectivity index (χ3v) is 2.74.